The molecular formula is C12H13BrClNO2. The van der Waals surface area contributed by atoms with Crippen molar-refractivity contribution in [3.8, 4) is 0 Å². The van der Waals surface area contributed by atoms with Gasteiger partial charge in [-0.3, -0.25) is 4.79 Å². The summed E-state index contributed by atoms with van der Waals surface area (Å²) in [5.41, 5.74) is 0.635. The van der Waals surface area contributed by atoms with Gasteiger partial charge in [0.1, 0.15) is 0 Å². The fourth-order valence-electron chi connectivity index (χ4n) is 1.83. The van der Waals surface area contributed by atoms with E-state index in [9.17, 15) is 4.79 Å². The van der Waals surface area contributed by atoms with E-state index in [4.69, 9.17) is 16.3 Å². The van der Waals surface area contributed by atoms with Gasteiger partial charge >= 0.3 is 0 Å². The van der Waals surface area contributed by atoms with Gasteiger partial charge < -0.3 is 9.64 Å². The van der Waals surface area contributed by atoms with Crippen molar-refractivity contribution in [2.45, 2.75) is 12.5 Å². The quantitative estimate of drug-likeness (QED) is 0.839. The number of likely N-dealkylation sites (N-methyl/N-ethyl adjacent to an activating group) is 1. The van der Waals surface area contributed by atoms with Crippen molar-refractivity contribution in [3.63, 3.8) is 0 Å². The number of hydrogen-bond acceptors (Lipinski definition) is 2. The van der Waals surface area contributed by atoms with Crippen molar-refractivity contribution in [1.82, 2.24) is 4.90 Å². The molecule has 1 heterocycles. The van der Waals surface area contributed by atoms with Gasteiger partial charge in [-0.1, -0.05) is 11.6 Å². The standard InChI is InChI=1S/C12H13BrClNO2/c1-15(9-4-5-17-7-9)12(16)8-2-3-11(14)10(13)6-8/h2-3,6,9H,4-5,7H2,1H3. The number of nitrogens with zero attached hydrogens (tertiary/aromatic N) is 1. The molecule has 0 aromatic heterocycles. The van der Waals surface area contributed by atoms with Crippen LogP contribution in [-0.4, -0.2) is 37.1 Å². The normalized spacial score (nSPS) is 19.4. The van der Waals surface area contributed by atoms with Gasteiger partial charge in [0.15, 0.2) is 0 Å². The van der Waals surface area contributed by atoms with E-state index in [2.05, 4.69) is 15.9 Å². The molecular weight excluding hydrogens is 305 g/mol. The van der Waals surface area contributed by atoms with E-state index in [0.29, 0.717) is 17.2 Å². The van der Waals surface area contributed by atoms with E-state index in [0.717, 1.165) is 17.5 Å². The Morgan fingerprint density at radius 1 is 1.59 bits per heavy atom. The van der Waals surface area contributed by atoms with Crippen molar-refractivity contribution >= 4 is 33.4 Å². The summed E-state index contributed by atoms with van der Waals surface area (Å²) in [5.74, 6) is -0.00198. The first kappa shape index (κ1) is 12.9. The number of carbonyl (C=O) groups excluding carboxylic acids is 1. The molecule has 0 bridgehead atoms. The maximum absolute atomic E-state index is 12.2. The Morgan fingerprint density at radius 2 is 2.35 bits per heavy atom. The zero-order chi connectivity index (χ0) is 12.4. The van der Waals surface area contributed by atoms with Gasteiger partial charge in [-0.15, -0.1) is 0 Å². The fraction of sp³-hybridized carbons (Fsp3) is 0.417. The highest BCUT2D eigenvalue weighted by molar-refractivity contribution is 9.10. The van der Waals surface area contributed by atoms with Gasteiger partial charge in [-0.2, -0.15) is 0 Å². The van der Waals surface area contributed by atoms with Crippen molar-refractivity contribution < 1.29 is 9.53 Å². The molecule has 1 aromatic carbocycles. The molecule has 5 heteroatoms. The molecule has 1 atom stereocenters. The summed E-state index contributed by atoms with van der Waals surface area (Å²) in [6, 6.07) is 5.38. The lowest BCUT2D eigenvalue weighted by Crippen LogP contribution is -2.37. The average Bonchev–Trinajstić information content (AvgIpc) is 2.84. The van der Waals surface area contributed by atoms with Crippen LogP contribution >= 0.6 is 27.5 Å². The molecule has 0 spiro atoms. The highest BCUT2D eigenvalue weighted by Gasteiger charge is 2.25. The molecule has 1 unspecified atom stereocenters. The maximum atomic E-state index is 12.2. The predicted octanol–water partition coefficient (Wildman–Crippen LogP) is 2.96. The third kappa shape index (κ3) is 2.81. The highest BCUT2D eigenvalue weighted by Crippen LogP contribution is 2.24. The molecule has 1 aliphatic heterocycles. The van der Waals surface area contributed by atoms with Crippen LogP contribution < -0.4 is 0 Å². The molecule has 17 heavy (non-hydrogen) atoms. The lowest BCUT2D eigenvalue weighted by Gasteiger charge is -2.23. The molecule has 0 radical (unpaired) electrons. The van der Waals surface area contributed by atoms with E-state index in [-0.39, 0.29) is 11.9 Å². The smallest absolute Gasteiger partial charge is 0.253 e. The second-order valence-corrected chi connectivity index (χ2v) is 5.32. The monoisotopic (exact) mass is 317 g/mol. The van der Waals surface area contributed by atoms with Crippen LogP contribution in [0.15, 0.2) is 22.7 Å². The Morgan fingerprint density at radius 3 is 2.94 bits per heavy atom. The van der Waals surface area contributed by atoms with Crippen molar-refractivity contribution in [1.29, 1.82) is 0 Å². The van der Waals surface area contributed by atoms with Gasteiger partial charge in [0, 0.05) is 23.7 Å². The van der Waals surface area contributed by atoms with Crippen molar-refractivity contribution in [3.05, 3.63) is 33.3 Å². The molecule has 0 aliphatic carbocycles. The number of ether oxygens (including phenoxy) is 1. The number of amides is 1. The fourth-order valence-corrected chi connectivity index (χ4v) is 2.32. The SMILES string of the molecule is CN(C(=O)c1ccc(Cl)c(Br)c1)C1CCOC1. The minimum Gasteiger partial charge on any atom is -0.379 e. The molecule has 1 amide bonds. The predicted molar refractivity (Wildman–Crippen MR) is 70.5 cm³/mol. The largest absolute Gasteiger partial charge is 0.379 e. The second-order valence-electron chi connectivity index (χ2n) is 4.06. The summed E-state index contributed by atoms with van der Waals surface area (Å²) < 4.78 is 6.02. The second kappa shape index (κ2) is 5.38. The molecule has 1 saturated heterocycles. The van der Waals surface area contributed by atoms with Crippen molar-refractivity contribution in [2.75, 3.05) is 20.3 Å². The summed E-state index contributed by atoms with van der Waals surface area (Å²) >= 11 is 9.22. The van der Waals surface area contributed by atoms with Crippen LogP contribution in [-0.2, 0) is 4.74 Å². The Labute approximate surface area is 114 Å². The maximum Gasteiger partial charge on any atom is 0.253 e. The number of carbonyl (C=O) groups is 1. The highest BCUT2D eigenvalue weighted by atomic mass is 79.9. The van der Waals surface area contributed by atoms with Crippen LogP contribution in [0.4, 0.5) is 0 Å². The first-order chi connectivity index (χ1) is 8.09. The van der Waals surface area contributed by atoms with Crippen LogP contribution in [0, 0.1) is 0 Å². The molecule has 1 fully saturated rings. The molecule has 0 saturated carbocycles. The van der Waals surface area contributed by atoms with Gasteiger partial charge in [0.05, 0.1) is 17.7 Å². The molecule has 1 aliphatic rings. The summed E-state index contributed by atoms with van der Waals surface area (Å²) in [5, 5.41) is 0.605. The Kier molecular flexibility index (Phi) is 4.07. The van der Waals surface area contributed by atoms with Gasteiger partial charge in [0.2, 0.25) is 0 Å². The van der Waals surface area contributed by atoms with E-state index in [1.54, 1.807) is 23.1 Å². The van der Waals surface area contributed by atoms with Crippen LogP contribution in [0.1, 0.15) is 16.8 Å². The van der Waals surface area contributed by atoms with Crippen LogP contribution in [0.5, 0.6) is 0 Å². The van der Waals surface area contributed by atoms with E-state index >= 15 is 0 Å². The molecule has 0 N–H and O–H groups in total. The molecule has 2 rings (SSSR count). The minimum atomic E-state index is -0.00198. The summed E-state index contributed by atoms with van der Waals surface area (Å²) in [6.07, 6.45) is 0.900. The average molecular weight is 319 g/mol. The van der Waals surface area contributed by atoms with Crippen LogP contribution in [0.2, 0.25) is 5.02 Å². The topological polar surface area (TPSA) is 29.5 Å². The van der Waals surface area contributed by atoms with Gasteiger partial charge in [0.25, 0.3) is 5.91 Å². The summed E-state index contributed by atoms with van der Waals surface area (Å²) in [7, 11) is 1.81. The van der Waals surface area contributed by atoms with Crippen LogP contribution in [0.25, 0.3) is 0 Å². The number of rotatable bonds is 2. The third-order valence-electron chi connectivity index (χ3n) is 2.94. The van der Waals surface area contributed by atoms with Gasteiger partial charge in [-0.25, -0.2) is 0 Å². The molecule has 3 nitrogen and oxygen atoms in total. The van der Waals surface area contributed by atoms with E-state index in [1.807, 2.05) is 7.05 Å². The van der Waals surface area contributed by atoms with Crippen molar-refractivity contribution in [2.24, 2.45) is 0 Å². The van der Waals surface area contributed by atoms with E-state index < -0.39 is 0 Å². The lowest BCUT2D eigenvalue weighted by molar-refractivity contribution is 0.0711. The number of benzene rings is 1. The Bertz CT molecular complexity index is 433. The number of halogens is 2. The zero-order valence-electron chi connectivity index (χ0n) is 9.45. The summed E-state index contributed by atoms with van der Waals surface area (Å²) in [6.45, 7) is 1.35. The van der Waals surface area contributed by atoms with Crippen LogP contribution in [0.3, 0.4) is 0 Å². The molecule has 92 valence electrons. The zero-order valence-corrected chi connectivity index (χ0v) is 11.8. The summed E-state index contributed by atoms with van der Waals surface area (Å²) in [4.78, 5) is 13.9. The first-order valence-electron chi connectivity index (χ1n) is 5.39. The third-order valence-corrected chi connectivity index (χ3v) is 4.15. The first-order valence-corrected chi connectivity index (χ1v) is 6.56. The number of hydrogen-bond donors (Lipinski definition) is 0. The Hall–Kier alpha value is -0.580. The van der Waals surface area contributed by atoms with E-state index in [1.165, 1.54) is 0 Å². The molecule has 1 aromatic rings. The lowest BCUT2D eigenvalue weighted by atomic mass is 10.1. The minimum absolute atomic E-state index is 0.00198. The van der Waals surface area contributed by atoms with Gasteiger partial charge in [-0.05, 0) is 40.5 Å². The Balaban J connectivity index is 2.15.